The molecule has 0 bridgehead atoms. The number of likely N-dealkylation sites (tertiary alicyclic amines) is 1. The third kappa shape index (κ3) is 4.92. The van der Waals surface area contributed by atoms with Crippen molar-refractivity contribution >= 4 is 28.5 Å². The maximum Gasteiger partial charge on any atom is 0.230 e. The van der Waals surface area contributed by atoms with Gasteiger partial charge >= 0.3 is 0 Å². The molecule has 0 spiro atoms. The van der Waals surface area contributed by atoms with Gasteiger partial charge in [-0.2, -0.15) is 13.9 Å². The van der Waals surface area contributed by atoms with E-state index in [9.17, 15) is 27.2 Å². The predicted octanol–water partition coefficient (Wildman–Crippen LogP) is 4.71. The highest BCUT2D eigenvalue weighted by Gasteiger charge is 2.30. The molecule has 4 aromatic rings. The second-order valence-electron chi connectivity index (χ2n) is 9.31. The Morgan fingerprint density at radius 2 is 1.77 bits per heavy atom. The molecule has 9 nitrogen and oxygen atoms in total. The number of hydrogen-bond acceptors (Lipinski definition) is 7. The SMILES string of the molecule is CC(=O)CC(=O)N1CCCC(n2nc(-c3ccc(Oc4c(F)c(F)cc(F)c4F)cc3F)c3c(N)ncnc32)C1. The Morgan fingerprint density at radius 3 is 2.45 bits per heavy atom. The van der Waals surface area contributed by atoms with Gasteiger partial charge in [-0.3, -0.25) is 9.59 Å². The van der Waals surface area contributed by atoms with Crippen LogP contribution in [0, 0.1) is 29.1 Å². The Balaban J connectivity index is 1.52. The minimum Gasteiger partial charge on any atom is -0.451 e. The van der Waals surface area contributed by atoms with E-state index in [4.69, 9.17) is 10.5 Å². The van der Waals surface area contributed by atoms with Gasteiger partial charge in [-0.15, -0.1) is 0 Å². The van der Waals surface area contributed by atoms with Crippen LogP contribution in [0.1, 0.15) is 32.2 Å². The molecule has 1 saturated heterocycles. The molecular formula is C26H21F5N6O3. The van der Waals surface area contributed by atoms with E-state index in [1.54, 1.807) is 4.90 Å². The summed E-state index contributed by atoms with van der Waals surface area (Å²) in [6.45, 7) is 2.04. The van der Waals surface area contributed by atoms with E-state index in [-0.39, 0.29) is 64.9 Å². The molecule has 0 saturated carbocycles. The first kappa shape index (κ1) is 27.0. The Hall–Kier alpha value is -4.62. The number of Topliss-reactive ketones (excluding diaryl/α,β-unsaturated/α-hetero) is 1. The van der Waals surface area contributed by atoms with Crippen LogP contribution in [0.15, 0.2) is 30.6 Å². The number of benzene rings is 2. The molecule has 0 aliphatic carbocycles. The van der Waals surface area contributed by atoms with Crippen molar-refractivity contribution in [2.45, 2.75) is 32.2 Å². The van der Waals surface area contributed by atoms with Crippen LogP contribution in [0.2, 0.25) is 0 Å². The third-order valence-corrected chi connectivity index (χ3v) is 6.50. The normalized spacial score (nSPS) is 15.4. The minimum atomic E-state index is -1.78. The zero-order valence-electron chi connectivity index (χ0n) is 20.9. The standard InChI is InChI=1S/C26H21F5N6O3/c1-12(38)7-19(39)36-6-2-3-13(10-36)37-26-20(25(32)33-11-34-26)23(35-37)15-5-4-14(8-16(15)27)40-24-21(30)17(28)9-18(29)22(24)31/h4-5,8-9,11,13H,2-3,6-7,10H2,1H3,(H2,32,33,34). The van der Waals surface area contributed by atoms with Crippen molar-refractivity contribution in [3.05, 3.63) is 59.7 Å². The number of anilines is 1. The summed E-state index contributed by atoms with van der Waals surface area (Å²) in [5, 5.41) is 4.78. The highest BCUT2D eigenvalue weighted by molar-refractivity contribution is 5.98. The van der Waals surface area contributed by atoms with E-state index in [0.29, 0.717) is 19.4 Å². The van der Waals surface area contributed by atoms with Crippen LogP contribution in [0.4, 0.5) is 27.8 Å². The van der Waals surface area contributed by atoms with Crippen molar-refractivity contribution < 1.29 is 36.3 Å². The maximum atomic E-state index is 15.4. The van der Waals surface area contributed by atoms with Gasteiger partial charge in [0.15, 0.2) is 17.3 Å². The number of piperidine rings is 1. The number of ketones is 1. The van der Waals surface area contributed by atoms with Crippen molar-refractivity contribution in [1.82, 2.24) is 24.6 Å². The number of nitrogen functional groups attached to an aromatic ring is 1. The van der Waals surface area contributed by atoms with E-state index in [0.717, 1.165) is 12.1 Å². The molecular weight excluding hydrogens is 539 g/mol. The van der Waals surface area contributed by atoms with Crippen LogP contribution < -0.4 is 10.5 Å². The highest BCUT2D eigenvalue weighted by Crippen LogP contribution is 2.37. The summed E-state index contributed by atoms with van der Waals surface area (Å²) in [6, 6.07) is 2.76. The van der Waals surface area contributed by atoms with Crippen LogP contribution >= 0.6 is 0 Å². The van der Waals surface area contributed by atoms with E-state index in [1.165, 1.54) is 24.0 Å². The smallest absolute Gasteiger partial charge is 0.230 e. The van der Waals surface area contributed by atoms with E-state index >= 15 is 4.39 Å². The zero-order valence-corrected chi connectivity index (χ0v) is 20.9. The van der Waals surface area contributed by atoms with Gasteiger partial charge in [0, 0.05) is 30.8 Å². The number of hydrogen-bond donors (Lipinski definition) is 1. The first-order valence-electron chi connectivity index (χ1n) is 12.1. The first-order chi connectivity index (χ1) is 19.0. The molecule has 40 heavy (non-hydrogen) atoms. The van der Waals surface area contributed by atoms with Gasteiger partial charge in [0.1, 0.15) is 35.2 Å². The maximum absolute atomic E-state index is 15.4. The van der Waals surface area contributed by atoms with Gasteiger partial charge < -0.3 is 15.4 Å². The van der Waals surface area contributed by atoms with Crippen molar-refractivity contribution in [3.8, 4) is 22.8 Å². The lowest BCUT2D eigenvalue weighted by atomic mass is 10.1. The molecule has 2 aromatic carbocycles. The highest BCUT2D eigenvalue weighted by atomic mass is 19.2. The number of nitrogens with zero attached hydrogens (tertiary/aromatic N) is 5. The number of rotatable bonds is 6. The number of carbonyl (C=O) groups is 2. The summed E-state index contributed by atoms with van der Waals surface area (Å²) in [5.41, 5.74) is 6.35. The van der Waals surface area contributed by atoms with E-state index in [2.05, 4.69) is 15.1 Å². The molecule has 1 fully saturated rings. The van der Waals surface area contributed by atoms with Gasteiger partial charge in [-0.1, -0.05) is 0 Å². The number of ether oxygens (including phenoxy) is 1. The van der Waals surface area contributed by atoms with Crippen molar-refractivity contribution in [2.75, 3.05) is 18.8 Å². The molecule has 3 heterocycles. The van der Waals surface area contributed by atoms with Crippen LogP contribution in [-0.2, 0) is 9.59 Å². The Morgan fingerprint density at radius 1 is 1.05 bits per heavy atom. The lowest BCUT2D eigenvalue weighted by molar-refractivity contribution is -0.136. The fourth-order valence-corrected chi connectivity index (χ4v) is 4.65. The average molecular weight is 560 g/mol. The zero-order chi connectivity index (χ0) is 28.7. The molecule has 2 aromatic heterocycles. The molecule has 208 valence electrons. The summed E-state index contributed by atoms with van der Waals surface area (Å²) < 4.78 is 77.0. The largest absolute Gasteiger partial charge is 0.451 e. The lowest BCUT2D eigenvalue weighted by Crippen LogP contribution is -2.41. The molecule has 0 radical (unpaired) electrons. The fourth-order valence-electron chi connectivity index (χ4n) is 4.65. The van der Waals surface area contributed by atoms with Gasteiger partial charge in [0.05, 0.1) is 17.8 Å². The van der Waals surface area contributed by atoms with Crippen LogP contribution in [0.25, 0.3) is 22.3 Å². The summed E-state index contributed by atoms with van der Waals surface area (Å²) in [6.07, 6.45) is 2.23. The number of aromatic nitrogens is 4. The van der Waals surface area contributed by atoms with E-state index in [1.807, 2.05) is 0 Å². The van der Waals surface area contributed by atoms with Gasteiger partial charge in [0.2, 0.25) is 23.3 Å². The lowest BCUT2D eigenvalue weighted by Gasteiger charge is -2.32. The average Bonchev–Trinajstić information content (AvgIpc) is 3.30. The quantitative estimate of drug-likeness (QED) is 0.206. The number of fused-ring (bicyclic) bond motifs is 1. The van der Waals surface area contributed by atoms with Crippen LogP contribution in [-0.4, -0.2) is 49.4 Å². The fraction of sp³-hybridized carbons (Fsp3) is 0.269. The Bertz CT molecular complexity index is 1630. The van der Waals surface area contributed by atoms with Crippen LogP contribution in [0.3, 0.4) is 0 Å². The minimum absolute atomic E-state index is 0.00526. The molecule has 5 rings (SSSR count). The van der Waals surface area contributed by atoms with Crippen molar-refractivity contribution in [3.63, 3.8) is 0 Å². The molecule has 1 atom stereocenters. The number of halogens is 5. The molecule has 1 aliphatic rings. The summed E-state index contributed by atoms with van der Waals surface area (Å²) in [4.78, 5) is 33.7. The van der Waals surface area contributed by atoms with Crippen molar-refractivity contribution in [2.24, 2.45) is 0 Å². The molecule has 1 unspecified atom stereocenters. The summed E-state index contributed by atoms with van der Waals surface area (Å²) >= 11 is 0. The van der Waals surface area contributed by atoms with Gasteiger partial charge in [0.25, 0.3) is 0 Å². The topological polar surface area (TPSA) is 116 Å². The first-order valence-corrected chi connectivity index (χ1v) is 12.1. The number of amides is 1. The van der Waals surface area contributed by atoms with Gasteiger partial charge in [-0.05, 0) is 31.9 Å². The third-order valence-electron chi connectivity index (χ3n) is 6.50. The number of nitrogens with two attached hydrogens (primary N) is 1. The van der Waals surface area contributed by atoms with Crippen molar-refractivity contribution in [1.29, 1.82) is 0 Å². The van der Waals surface area contributed by atoms with Crippen LogP contribution in [0.5, 0.6) is 11.5 Å². The Kier molecular flexibility index (Phi) is 7.08. The molecule has 14 heteroatoms. The molecule has 2 N–H and O–H groups in total. The predicted molar refractivity (Wildman–Crippen MR) is 132 cm³/mol. The van der Waals surface area contributed by atoms with Gasteiger partial charge in [-0.25, -0.2) is 27.8 Å². The molecule has 1 aliphatic heterocycles. The summed E-state index contributed by atoms with van der Waals surface area (Å²) in [5.74, 6) is -10.2. The van der Waals surface area contributed by atoms with E-state index < -0.39 is 40.6 Å². The Labute approximate surface area is 223 Å². The number of carbonyl (C=O) groups excluding carboxylic acids is 2. The second-order valence-corrected chi connectivity index (χ2v) is 9.31. The molecule has 1 amide bonds. The second kappa shape index (κ2) is 10.5. The monoisotopic (exact) mass is 560 g/mol. The summed E-state index contributed by atoms with van der Waals surface area (Å²) in [7, 11) is 0.